The number of fused-ring (bicyclic) bond motifs is 1. The van der Waals surface area contributed by atoms with Gasteiger partial charge in [0, 0.05) is 26.4 Å². The quantitative estimate of drug-likeness (QED) is 0.327. The summed E-state index contributed by atoms with van der Waals surface area (Å²) in [5, 5.41) is 8.98. The van der Waals surface area contributed by atoms with Crippen LogP contribution in [0.2, 0.25) is 0 Å². The van der Waals surface area contributed by atoms with Gasteiger partial charge >= 0.3 is 5.97 Å². The molecule has 8 nitrogen and oxygen atoms in total. The minimum atomic E-state index is -0.184. The molecule has 214 valence electrons. The first-order valence-electron chi connectivity index (χ1n) is 14.8. The van der Waals surface area contributed by atoms with Crippen molar-refractivity contribution in [2.75, 3.05) is 31.1 Å². The average Bonchev–Trinajstić information content (AvgIpc) is 3.43. The molecule has 0 radical (unpaired) electrons. The van der Waals surface area contributed by atoms with Crippen molar-refractivity contribution in [3.05, 3.63) is 69.8 Å². The number of carbonyl (C=O) groups is 1. The molecule has 1 unspecified atom stereocenters. The Hall–Kier alpha value is -3.39. The highest BCUT2D eigenvalue weighted by Crippen LogP contribution is 2.41. The van der Waals surface area contributed by atoms with E-state index in [2.05, 4.69) is 61.5 Å². The molecule has 1 fully saturated rings. The lowest BCUT2D eigenvalue weighted by Gasteiger charge is -2.22. The fourth-order valence-corrected chi connectivity index (χ4v) is 6.30. The molecule has 0 saturated heterocycles. The topological polar surface area (TPSA) is 75.5 Å². The second-order valence-corrected chi connectivity index (χ2v) is 11.5. The zero-order valence-corrected chi connectivity index (χ0v) is 25.0. The molecule has 1 atom stereocenters. The van der Waals surface area contributed by atoms with Gasteiger partial charge in [-0.25, -0.2) is 9.67 Å². The van der Waals surface area contributed by atoms with Gasteiger partial charge in [0.2, 0.25) is 0 Å². The summed E-state index contributed by atoms with van der Waals surface area (Å²) in [6.07, 6.45) is 7.87. The molecular formula is C32H44N6O2. The number of ether oxygens (including phenoxy) is 1. The summed E-state index contributed by atoms with van der Waals surface area (Å²) >= 11 is 0. The second kappa shape index (κ2) is 12.0. The van der Waals surface area contributed by atoms with Gasteiger partial charge in [-0.2, -0.15) is 5.10 Å². The zero-order valence-electron chi connectivity index (χ0n) is 25.0. The summed E-state index contributed by atoms with van der Waals surface area (Å²) in [5.74, 6) is 2.32. The summed E-state index contributed by atoms with van der Waals surface area (Å²) < 4.78 is 7.46. The number of nitrogens with one attached hydrogen (secondary N) is 1. The highest BCUT2D eigenvalue weighted by molar-refractivity contribution is 5.79. The van der Waals surface area contributed by atoms with Crippen molar-refractivity contribution in [2.45, 2.75) is 85.1 Å². The molecule has 3 aromatic rings. The molecule has 8 heteroatoms. The minimum Gasteiger partial charge on any atom is -0.466 e. The van der Waals surface area contributed by atoms with E-state index in [0.29, 0.717) is 19.1 Å². The fraction of sp³-hybridized carbons (Fsp3) is 0.531. The predicted molar refractivity (Wildman–Crippen MR) is 159 cm³/mol. The van der Waals surface area contributed by atoms with Gasteiger partial charge in [0.05, 0.1) is 30.9 Å². The molecule has 2 aliphatic rings. The van der Waals surface area contributed by atoms with Crippen LogP contribution in [0.3, 0.4) is 0 Å². The van der Waals surface area contributed by atoms with Crippen molar-refractivity contribution >= 4 is 17.3 Å². The van der Waals surface area contributed by atoms with Crippen molar-refractivity contribution in [3.63, 3.8) is 0 Å². The van der Waals surface area contributed by atoms with E-state index >= 15 is 0 Å². The number of aryl methyl sites for hydroxylation is 2. The summed E-state index contributed by atoms with van der Waals surface area (Å²) in [4.78, 5) is 17.7. The number of anilines is 2. The third kappa shape index (κ3) is 5.87. The van der Waals surface area contributed by atoms with E-state index < -0.39 is 0 Å². The number of hydrazine groups is 2. The van der Waals surface area contributed by atoms with Crippen LogP contribution in [0.1, 0.15) is 90.8 Å². The van der Waals surface area contributed by atoms with Crippen LogP contribution in [0.25, 0.3) is 0 Å². The minimum absolute atomic E-state index is 0.125. The van der Waals surface area contributed by atoms with E-state index in [4.69, 9.17) is 14.8 Å². The smallest absolute Gasteiger partial charge is 0.306 e. The lowest BCUT2D eigenvalue weighted by Crippen LogP contribution is -2.34. The Morgan fingerprint density at radius 1 is 1.10 bits per heavy atom. The molecule has 1 saturated carbocycles. The summed E-state index contributed by atoms with van der Waals surface area (Å²) in [5.41, 5.74) is 11.4. The number of carbonyl (C=O) groups excluding carboxylic acids is 1. The van der Waals surface area contributed by atoms with Crippen LogP contribution in [-0.4, -0.2) is 46.6 Å². The normalized spacial score (nSPS) is 16.6. The lowest BCUT2D eigenvalue weighted by atomic mass is 9.84. The van der Waals surface area contributed by atoms with Crippen LogP contribution in [0, 0.1) is 26.7 Å². The highest BCUT2D eigenvalue weighted by atomic mass is 16.5. The van der Waals surface area contributed by atoms with Gasteiger partial charge in [0.15, 0.2) is 5.82 Å². The Labute approximate surface area is 238 Å². The van der Waals surface area contributed by atoms with Gasteiger partial charge in [0.25, 0.3) is 0 Å². The predicted octanol–water partition coefficient (Wildman–Crippen LogP) is 6.08. The molecule has 0 spiro atoms. The molecule has 1 aliphatic heterocycles. The molecular weight excluding hydrogens is 500 g/mol. The number of hydrogen-bond acceptors (Lipinski definition) is 7. The molecule has 2 aromatic carbocycles. The fourth-order valence-electron chi connectivity index (χ4n) is 6.30. The van der Waals surface area contributed by atoms with Crippen LogP contribution in [0.5, 0.6) is 0 Å². The van der Waals surface area contributed by atoms with Crippen molar-refractivity contribution < 1.29 is 9.53 Å². The number of nitrogens with zero attached hydrogens (tertiary/aromatic N) is 5. The molecule has 1 aliphatic carbocycles. The summed E-state index contributed by atoms with van der Waals surface area (Å²) in [7, 11) is 4.03. The van der Waals surface area contributed by atoms with E-state index in [9.17, 15) is 4.79 Å². The van der Waals surface area contributed by atoms with Crippen LogP contribution >= 0.6 is 0 Å². The lowest BCUT2D eigenvalue weighted by molar-refractivity contribution is -0.143. The van der Waals surface area contributed by atoms with E-state index in [1.165, 1.54) is 43.2 Å². The van der Waals surface area contributed by atoms with Gasteiger partial charge in [0.1, 0.15) is 5.82 Å². The monoisotopic (exact) mass is 544 g/mol. The van der Waals surface area contributed by atoms with Crippen molar-refractivity contribution in [3.8, 4) is 0 Å². The zero-order chi connectivity index (χ0) is 28.4. The van der Waals surface area contributed by atoms with Crippen molar-refractivity contribution in [2.24, 2.45) is 5.92 Å². The van der Waals surface area contributed by atoms with Crippen molar-refractivity contribution in [1.82, 2.24) is 19.9 Å². The van der Waals surface area contributed by atoms with Gasteiger partial charge in [-0.3, -0.25) is 15.2 Å². The average molecular weight is 545 g/mol. The maximum Gasteiger partial charge on any atom is 0.306 e. The van der Waals surface area contributed by atoms with Gasteiger partial charge in [-0.15, -0.1) is 5.12 Å². The number of hydrogen-bond donors (Lipinski definition) is 1. The number of benzene rings is 2. The van der Waals surface area contributed by atoms with Gasteiger partial charge < -0.3 is 4.74 Å². The van der Waals surface area contributed by atoms with E-state index in [1.54, 1.807) is 0 Å². The number of aromatic nitrogens is 3. The Morgan fingerprint density at radius 2 is 1.88 bits per heavy atom. The maximum absolute atomic E-state index is 12.8. The first-order valence-corrected chi connectivity index (χ1v) is 14.8. The highest BCUT2D eigenvalue weighted by Gasteiger charge is 2.28. The Morgan fingerprint density at radius 3 is 2.62 bits per heavy atom. The largest absolute Gasteiger partial charge is 0.466 e. The molecule has 0 amide bonds. The standard InChI is InChI=1S/C32H44N6O2/c1-7-40-31(39)19-28(27-15-16-29-32(22(27)3)35-37(6)36(29)5)25-14-13-21(2)26(18-25)20-38-23(4)33-30(34-38)17-24-11-9-8-10-12-24/h13-16,18,24,28,35H,7-12,17,19-20H2,1-6H3. The van der Waals surface area contributed by atoms with E-state index in [-0.39, 0.29) is 18.3 Å². The van der Waals surface area contributed by atoms with Gasteiger partial charge in [-0.05, 0) is 67.5 Å². The van der Waals surface area contributed by atoms with Crippen molar-refractivity contribution in [1.29, 1.82) is 0 Å². The van der Waals surface area contributed by atoms with Crippen LogP contribution in [0.15, 0.2) is 30.3 Å². The molecule has 2 heterocycles. The Balaban J connectivity index is 1.45. The number of rotatable bonds is 9. The first kappa shape index (κ1) is 28.1. The van der Waals surface area contributed by atoms with E-state index in [1.807, 2.05) is 30.8 Å². The molecule has 1 N–H and O–H groups in total. The summed E-state index contributed by atoms with van der Waals surface area (Å²) in [6, 6.07) is 10.9. The van der Waals surface area contributed by atoms with Crippen LogP contribution in [-0.2, 0) is 22.5 Å². The Bertz CT molecular complexity index is 1360. The third-order valence-electron chi connectivity index (χ3n) is 8.80. The molecule has 40 heavy (non-hydrogen) atoms. The van der Waals surface area contributed by atoms with Crippen LogP contribution in [0.4, 0.5) is 11.4 Å². The third-order valence-corrected chi connectivity index (χ3v) is 8.80. The van der Waals surface area contributed by atoms with Gasteiger partial charge in [-0.1, -0.05) is 56.4 Å². The summed E-state index contributed by atoms with van der Waals surface area (Å²) in [6.45, 7) is 9.22. The molecule has 5 rings (SSSR count). The van der Waals surface area contributed by atoms with E-state index in [0.717, 1.165) is 46.1 Å². The second-order valence-electron chi connectivity index (χ2n) is 11.5. The van der Waals surface area contributed by atoms with Crippen LogP contribution < -0.4 is 10.4 Å². The first-order chi connectivity index (χ1) is 19.2. The maximum atomic E-state index is 12.8. The molecule has 0 bridgehead atoms. The SMILES string of the molecule is CCOC(=O)CC(c1ccc(C)c(Cn2nc(CC3CCCCC3)nc2C)c1)c1ccc2c(c1C)NN(C)N2C. The molecule has 1 aromatic heterocycles. The number of esters is 1. The Kier molecular flexibility index (Phi) is 8.45.